The van der Waals surface area contributed by atoms with Crippen LogP contribution in [0.5, 0.6) is 5.75 Å². The van der Waals surface area contributed by atoms with Crippen LogP contribution in [0, 0.1) is 0 Å². The van der Waals surface area contributed by atoms with Gasteiger partial charge in [-0.15, -0.1) is 0 Å². The first kappa shape index (κ1) is 24.7. The van der Waals surface area contributed by atoms with E-state index in [2.05, 4.69) is 10.2 Å². The minimum atomic E-state index is -0.370. The van der Waals surface area contributed by atoms with Crippen molar-refractivity contribution in [1.82, 2.24) is 9.80 Å². The maximum atomic E-state index is 13.0. The lowest BCUT2D eigenvalue weighted by Gasteiger charge is -2.26. The minimum absolute atomic E-state index is 0.268. The number of nitrogens with zero attached hydrogens (tertiary/aromatic N) is 2. The molecule has 0 unspecified atom stereocenters. The molecule has 0 bridgehead atoms. The molecule has 3 aromatic rings. The van der Waals surface area contributed by atoms with E-state index < -0.39 is 0 Å². The molecule has 190 valence electrons. The minimum Gasteiger partial charge on any atom is -0.497 e. The Morgan fingerprint density at radius 3 is 2.22 bits per heavy atom. The zero-order valence-electron chi connectivity index (χ0n) is 21.0. The number of imide groups is 1. The van der Waals surface area contributed by atoms with Gasteiger partial charge in [-0.05, 0) is 85.9 Å². The number of likely N-dealkylation sites (tertiary alicyclic amines) is 1. The fourth-order valence-electron chi connectivity index (χ4n) is 4.94. The van der Waals surface area contributed by atoms with Gasteiger partial charge in [0.15, 0.2) is 0 Å². The number of amides is 3. The van der Waals surface area contributed by atoms with E-state index in [9.17, 15) is 14.4 Å². The van der Waals surface area contributed by atoms with Gasteiger partial charge in [-0.3, -0.25) is 24.2 Å². The number of anilines is 1. The van der Waals surface area contributed by atoms with Crippen molar-refractivity contribution in [2.45, 2.75) is 32.2 Å². The highest BCUT2D eigenvalue weighted by Crippen LogP contribution is 2.25. The van der Waals surface area contributed by atoms with Crippen molar-refractivity contribution in [2.75, 3.05) is 32.1 Å². The molecule has 2 aliphatic rings. The number of nitrogens with one attached hydrogen (secondary N) is 1. The predicted molar refractivity (Wildman–Crippen MR) is 142 cm³/mol. The standard InChI is InChI=1S/C30H31N3O4/c1-37-25-12-7-21(8-13-25)15-18-33-29(35)26-14-9-23(19-27(26)30(33)36)28(34)31-24-10-5-22(6-11-24)20-32-16-3-2-4-17-32/h5-14,19H,2-4,15-18,20H2,1H3,(H,31,34). The van der Waals surface area contributed by atoms with E-state index in [1.54, 1.807) is 19.2 Å². The SMILES string of the molecule is COc1ccc(CCN2C(=O)c3ccc(C(=O)Nc4ccc(CN5CCCCC5)cc4)cc3C2=O)cc1. The van der Waals surface area contributed by atoms with Crippen molar-refractivity contribution in [3.63, 3.8) is 0 Å². The molecule has 0 saturated carbocycles. The van der Waals surface area contributed by atoms with Crippen molar-refractivity contribution in [2.24, 2.45) is 0 Å². The molecule has 2 heterocycles. The number of benzene rings is 3. The highest BCUT2D eigenvalue weighted by atomic mass is 16.5. The van der Waals surface area contributed by atoms with E-state index in [4.69, 9.17) is 4.74 Å². The van der Waals surface area contributed by atoms with E-state index in [0.717, 1.165) is 30.9 Å². The molecule has 37 heavy (non-hydrogen) atoms. The van der Waals surface area contributed by atoms with Crippen molar-refractivity contribution in [3.05, 3.63) is 94.5 Å². The Kier molecular flexibility index (Phi) is 7.32. The van der Waals surface area contributed by atoms with Gasteiger partial charge < -0.3 is 10.1 Å². The fraction of sp³-hybridized carbons (Fsp3) is 0.300. The van der Waals surface area contributed by atoms with Crippen molar-refractivity contribution < 1.29 is 19.1 Å². The summed E-state index contributed by atoms with van der Waals surface area (Å²) in [5.41, 5.74) is 3.85. The summed E-state index contributed by atoms with van der Waals surface area (Å²) in [4.78, 5) is 42.5. The van der Waals surface area contributed by atoms with Gasteiger partial charge >= 0.3 is 0 Å². The second kappa shape index (κ2) is 11.0. The summed E-state index contributed by atoms with van der Waals surface area (Å²) in [7, 11) is 1.61. The van der Waals surface area contributed by atoms with Gasteiger partial charge in [0.1, 0.15) is 5.75 Å². The third-order valence-electron chi connectivity index (χ3n) is 7.08. The molecular weight excluding hydrogens is 466 g/mol. The highest BCUT2D eigenvalue weighted by Gasteiger charge is 2.35. The lowest BCUT2D eigenvalue weighted by Crippen LogP contribution is -2.31. The van der Waals surface area contributed by atoms with Crippen molar-refractivity contribution >= 4 is 23.4 Å². The lowest BCUT2D eigenvalue weighted by molar-refractivity contribution is 0.0656. The van der Waals surface area contributed by atoms with E-state index in [1.165, 1.54) is 35.8 Å². The normalized spacial score (nSPS) is 15.5. The Bertz CT molecular complexity index is 1300. The first-order valence-electron chi connectivity index (χ1n) is 12.8. The second-order valence-electron chi connectivity index (χ2n) is 9.61. The summed E-state index contributed by atoms with van der Waals surface area (Å²) in [6.45, 7) is 3.46. The molecule has 7 heteroatoms. The van der Waals surface area contributed by atoms with E-state index in [1.807, 2.05) is 48.5 Å². The number of carbonyl (C=O) groups is 3. The van der Waals surface area contributed by atoms with Crippen LogP contribution in [0.2, 0.25) is 0 Å². The molecule has 5 rings (SSSR count). The van der Waals surface area contributed by atoms with E-state index in [-0.39, 0.29) is 29.8 Å². The van der Waals surface area contributed by atoms with Crippen LogP contribution in [0.1, 0.15) is 61.5 Å². The third-order valence-corrected chi connectivity index (χ3v) is 7.08. The molecule has 3 aromatic carbocycles. The summed E-state index contributed by atoms with van der Waals surface area (Å²) in [6, 6.07) is 20.1. The smallest absolute Gasteiger partial charge is 0.261 e. The number of hydrogen-bond donors (Lipinski definition) is 1. The van der Waals surface area contributed by atoms with Crippen LogP contribution in [0.25, 0.3) is 0 Å². The fourth-order valence-corrected chi connectivity index (χ4v) is 4.94. The third kappa shape index (κ3) is 5.57. The van der Waals surface area contributed by atoms with Gasteiger partial charge in [-0.1, -0.05) is 30.7 Å². The molecule has 7 nitrogen and oxygen atoms in total. The number of piperidine rings is 1. The molecule has 0 spiro atoms. The van der Waals surface area contributed by atoms with Gasteiger partial charge in [0, 0.05) is 24.3 Å². The molecular formula is C30H31N3O4. The zero-order chi connectivity index (χ0) is 25.8. The van der Waals surface area contributed by atoms with Gasteiger partial charge in [0.25, 0.3) is 17.7 Å². The maximum Gasteiger partial charge on any atom is 0.261 e. The number of rotatable bonds is 8. The van der Waals surface area contributed by atoms with Crippen molar-refractivity contribution in [1.29, 1.82) is 0 Å². The van der Waals surface area contributed by atoms with Gasteiger partial charge in [-0.2, -0.15) is 0 Å². The maximum absolute atomic E-state index is 13.0. The Hall–Kier alpha value is -3.97. The van der Waals surface area contributed by atoms with Crippen LogP contribution in [0.15, 0.2) is 66.7 Å². The molecule has 0 atom stereocenters. The van der Waals surface area contributed by atoms with Crippen LogP contribution < -0.4 is 10.1 Å². The second-order valence-corrected chi connectivity index (χ2v) is 9.61. The van der Waals surface area contributed by atoms with Gasteiger partial charge in [0.2, 0.25) is 0 Å². The molecule has 0 aromatic heterocycles. The summed E-state index contributed by atoms with van der Waals surface area (Å²) in [5, 5.41) is 2.90. The molecule has 3 amide bonds. The van der Waals surface area contributed by atoms with Gasteiger partial charge in [0.05, 0.1) is 18.2 Å². The summed E-state index contributed by atoms with van der Waals surface area (Å²) >= 11 is 0. The van der Waals surface area contributed by atoms with Gasteiger partial charge in [-0.25, -0.2) is 0 Å². The Morgan fingerprint density at radius 1 is 0.838 bits per heavy atom. The Morgan fingerprint density at radius 2 is 1.51 bits per heavy atom. The number of ether oxygens (including phenoxy) is 1. The first-order valence-corrected chi connectivity index (χ1v) is 12.8. The summed E-state index contributed by atoms with van der Waals surface area (Å²) < 4.78 is 5.17. The topological polar surface area (TPSA) is 79.0 Å². The zero-order valence-corrected chi connectivity index (χ0v) is 21.0. The number of hydrogen-bond acceptors (Lipinski definition) is 5. The average molecular weight is 498 g/mol. The van der Waals surface area contributed by atoms with Crippen LogP contribution in [-0.2, 0) is 13.0 Å². The summed E-state index contributed by atoms with van der Waals surface area (Å²) in [6.07, 6.45) is 4.36. The van der Waals surface area contributed by atoms with Crippen molar-refractivity contribution in [3.8, 4) is 5.75 Å². The Balaban J connectivity index is 1.21. The molecule has 2 aliphatic heterocycles. The highest BCUT2D eigenvalue weighted by molar-refractivity contribution is 6.22. The predicted octanol–water partition coefficient (Wildman–Crippen LogP) is 4.77. The summed E-state index contributed by atoms with van der Waals surface area (Å²) in [5.74, 6) is -0.262. The molecule has 1 N–H and O–H groups in total. The monoisotopic (exact) mass is 497 g/mol. The molecule has 0 aliphatic carbocycles. The van der Waals surface area contributed by atoms with Crippen LogP contribution in [0.4, 0.5) is 5.69 Å². The molecule has 1 fully saturated rings. The van der Waals surface area contributed by atoms with Crippen LogP contribution >= 0.6 is 0 Å². The number of methoxy groups -OCH3 is 1. The lowest BCUT2D eigenvalue weighted by atomic mass is 10.1. The first-order chi connectivity index (χ1) is 18.0. The number of carbonyl (C=O) groups excluding carboxylic acids is 3. The van der Waals surface area contributed by atoms with Crippen LogP contribution in [0.3, 0.4) is 0 Å². The largest absolute Gasteiger partial charge is 0.497 e. The van der Waals surface area contributed by atoms with E-state index in [0.29, 0.717) is 23.2 Å². The number of fused-ring (bicyclic) bond motifs is 1. The quantitative estimate of drug-likeness (QED) is 0.454. The Labute approximate surface area is 217 Å². The van der Waals surface area contributed by atoms with Crippen LogP contribution in [-0.4, -0.2) is 54.3 Å². The molecule has 1 saturated heterocycles. The molecule has 0 radical (unpaired) electrons. The average Bonchev–Trinajstić information content (AvgIpc) is 3.17. The van der Waals surface area contributed by atoms with E-state index >= 15 is 0 Å².